The van der Waals surface area contributed by atoms with Crippen molar-refractivity contribution in [2.45, 2.75) is 32.1 Å². The van der Waals surface area contributed by atoms with Gasteiger partial charge in [0, 0.05) is 42.5 Å². The van der Waals surface area contributed by atoms with Crippen LogP contribution in [0, 0.1) is 6.92 Å². The summed E-state index contributed by atoms with van der Waals surface area (Å²) in [5, 5.41) is 3.57. The highest BCUT2D eigenvalue weighted by molar-refractivity contribution is 8.00. The zero-order chi connectivity index (χ0) is 14.0. The van der Waals surface area contributed by atoms with Gasteiger partial charge in [0.05, 0.1) is 11.3 Å². The third kappa shape index (κ3) is 2.86. The van der Waals surface area contributed by atoms with E-state index >= 15 is 0 Å². The molecular weight excluding hydrogens is 258 g/mol. The van der Waals surface area contributed by atoms with Crippen LogP contribution < -0.4 is 5.32 Å². The number of rotatable bonds is 2. The lowest BCUT2D eigenvalue weighted by atomic mass is 10.1. The van der Waals surface area contributed by atoms with Crippen molar-refractivity contribution in [1.82, 2.24) is 9.88 Å². The summed E-state index contributed by atoms with van der Waals surface area (Å²) in [5.41, 5.74) is 2.44. The molecule has 2 heterocycles. The minimum atomic E-state index is 0.0801. The van der Waals surface area contributed by atoms with Crippen molar-refractivity contribution < 1.29 is 4.79 Å². The predicted octanol–water partition coefficient (Wildman–Crippen LogP) is 2.40. The first-order valence-corrected chi connectivity index (χ1v) is 7.66. The van der Waals surface area contributed by atoms with Crippen LogP contribution in [0.15, 0.2) is 12.3 Å². The Morgan fingerprint density at radius 2 is 2.26 bits per heavy atom. The van der Waals surface area contributed by atoms with Gasteiger partial charge in [-0.15, -0.1) is 0 Å². The Balaban J connectivity index is 2.28. The zero-order valence-electron chi connectivity index (χ0n) is 11.9. The average Bonchev–Trinajstić information content (AvgIpc) is 2.41. The first-order chi connectivity index (χ1) is 9.04. The van der Waals surface area contributed by atoms with Crippen LogP contribution in [0.2, 0.25) is 0 Å². The molecule has 0 radical (unpaired) electrons. The van der Waals surface area contributed by atoms with E-state index in [2.05, 4.69) is 24.1 Å². The molecule has 104 valence electrons. The molecule has 5 heteroatoms. The van der Waals surface area contributed by atoms with Crippen molar-refractivity contribution in [2.75, 3.05) is 24.7 Å². The van der Waals surface area contributed by atoms with Crippen LogP contribution in [0.4, 0.5) is 5.69 Å². The molecule has 1 aromatic heterocycles. The highest BCUT2D eigenvalue weighted by atomic mass is 32.2. The van der Waals surface area contributed by atoms with E-state index in [1.54, 1.807) is 6.20 Å². The summed E-state index contributed by atoms with van der Waals surface area (Å²) in [6.45, 7) is 7.04. The molecule has 1 aromatic rings. The topological polar surface area (TPSA) is 45.2 Å². The molecule has 1 amide bonds. The Morgan fingerprint density at radius 3 is 2.95 bits per heavy atom. The molecule has 2 rings (SSSR count). The summed E-state index contributed by atoms with van der Waals surface area (Å²) < 4.78 is 0. The Labute approximate surface area is 119 Å². The predicted molar refractivity (Wildman–Crippen MR) is 80.9 cm³/mol. The average molecular weight is 279 g/mol. The number of anilines is 1. The van der Waals surface area contributed by atoms with E-state index in [9.17, 15) is 4.79 Å². The van der Waals surface area contributed by atoms with Gasteiger partial charge >= 0.3 is 0 Å². The first-order valence-electron chi connectivity index (χ1n) is 6.61. The third-order valence-corrected chi connectivity index (χ3v) is 5.02. The lowest BCUT2D eigenvalue weighted by molar-refractivity contribution is 0.0699. The molecule has 2 atom stereocenters. The van der Waals surface area contributed by atoms with Crippen molar-refractivity contribution >= 4 is 23.4 Å². The van der Waals surface area contributed by atoms with Gasteiger partial charge in [-0.2, -0.15) is 11.8 Å². The number of carbonyl (C=O) groups is 1. The Morgan fingerprint density at radius 1 is 1.53 bits per heavy atom. The molecule has 0 aromatic carbocycles. The Kier molecular flexibility index (Phi) is 4.34. The van der Waals surface area contributed by atoms with Crippen LogP contribution in [0.25, 0.3) is 0 Å². The molecule has 0 spiro atoms. The Bertz CT molecular complexity index is 478. The summed E-state index contributed by atoms with van der Waals surface area (Å²) in [6, 6.07) is 2.18. The number of carbonyl (C=O) groups excluding carboxylic acids is 1. The highest BCUT2D eigenvalue weighted by Gasteiger charge is 2.30. The van der Waals surface area contributed by atoms with Crippen LogP contribution in [0.3, 0.4) is 0 Å². The number of amides is 1. The van der Waals surface area contributed by atoms with E-state index in [0.717, 1.165) is 23.7 Å². The summed E-state index contributed by atoms with van der Waals surface area (Å²) >= 11 is 1.93. The number of aromatic nitrogens is 1. The number of aryl methyl sites for hydroxylation is 1. The van der Waals surface area contributed by atoms with Gasteiger partial charge in [-0.3, -0.25) is 9.78 Å². The molecule has 1 N–H and O–H groups in total. The van der Waals surface area contributed by atoms with Crippen molar-refractivity contribution in [1.29, 1.82) is 0 Å². The number of nitrogens with zero attached hydrogens (tertiary/aromatic N) is 2. The third-order valence-electron chi connectivity index (χ3n) is 3.69. The van der Waals surface area contributed by atoms with Gasteiger partial charge in [0.25, 0.3) is 5.91 Å². The first kappa shape index (κ1) is 14.2. The van der Waals surface area contributed by atoms with Gasteiger partial charge in [0.2, 0.25) is 0 Å². The van der Waals surface area contributed by atoms with Gasteiger partial charge in [-0.1, -0.05) is 6.92 Å². The van der Waals surface area contributed by atoms with E-state index < -0.39 is 0 Å². The second-order valence-electron chi connectivity index (χ2n) is 4.94. The molecule has 2 unspecified atom stereocenters. The van der Waals surface area contributed by atoms with Crippen molar-refractivity contribution in [3.05, 3.63) is 23.5 Å². The van der Waals surface area contributed by atoms with E-state index in [1.807, 2.05) is 36.7 Å². The summed E-state index contributed by atoms with van der Waals surface area (Å²) in [7, 11) is 1.84. The van der Waals surface area contributed by atoms with Crippen molar-refractivity contribution in [3.63, 3.8) is 0 Å². The minimum absolute atomic E-state index is 0.0801. The lowest BCUT2D eigenvalue weighted by Crippen LogP contribution is -2.48. The second-order valence-corrected chi connectivity index (χ2v) is 6.42. The lowest BCUT2D eigenvalue weighted by Gasteiger charge is -2.37. The fourth-order valence-corrected chi connectivity index (χ4v) is 3.41. The van der Waals surface area contributed by atoms with E-state index in [-0.39, 0.29) is 11.9 Å². The van der Waals surface area contributed by atoms with Crippen LogP contribution in [0.5, 0.6) is 0 Å². The number of hydrogen-bond acceptors (Lipinski definition) is 4. The van der Waals surface area contributed by atoms with Gasteiger partial charge in [-0.25, -0.2) is 0 Å². The highest BCUT2D eigenvalue weighted by Crippen LogP contribution is 2.27. The number of pyridine rings is 1. The smallest absolute Gasteiger partial charge is 0.257 e. The van der Waals surface area contributed by atoms with Gasteiger partial charge in [0.1, 0.15) is 0 Å². The SMILES string of the molecule is CNc1cc(C)ncc1C(=O)N1CCSC(C)C1C. The molecule has 4 nitrogen and oxygen atoms in total. The fourth-order valence-electron chi connectivity index (χ4n) is 2.31. The van der Waals surface area contributed by atoms with Gasteiger partial charge in [-0.05, 0) is 19.9 Å². The summed E-state index contributed by atoms with van der Waals surface area (Å²) in [6.07, 6.45) is 1.68. The largest absolute Gasteiger partial charge is 0.387 e. The minimum Gasteiger partial charge on any atom is -0.387 e. The van der Waals surface area contributed by atoms with Crippen LogP contribution in [-0.4, -0.2) is 46.4 Å². The number of nitrogens with one attached hydrogen (secondary N) is 1. The molecule has 0 aliphatic carbocycles. The number of hydrogen-bond donors (Lipinski definition) is 1. The summed E-state index contributed by atoms with van der Waals surface area (Å²) in [4.78, 5) is 18.9. The quantitative estimate of drug-likeness (QED) is 0.903. The second kappa shape index (κ2) is 5.82. The molecule has 1 saturated heterocycles. The maximum absolute atomic E-state index is 12.7. The molecular formula is C14H21N3OS. The van der Waals surface area contributed by atoms with E-state index in [0.29, 0.717) is 10.8 Å². The zero-order valence-corrected chi connectivity index (χ0v) is 12.8. The number of thioether (sulfide) groups is 1. The van der Waals surface area contributed by atoms with E-state index in [1.165, 1.54) is 0 Å². The van der Waals surface area contributed by atoms with Gasteiger partial charge in [0.15, 0.2) is 0 Å². The van der Waals surface area contributed by atoms with Gasteiger partial charge < -0.3 is 10.2 Å². The summed E-state index contributed by atoms with van der Waals surface area (Å²) in [5.74, 6) is 1.09. The van der Waals surface area contributed by atoms with Crippen LogP contribution >= 0.6 is 11.8 Å². The normalized spacial score (nSPS) is 23.3. The molecule has 1 fully saturated rings. The fraction of sp³-hybridized carbons (Fsp3) is 0.571. The maximum atomic E-state index is 12.7. The van der Waals surface area contributed by atoms with Crippen LogP contribution in [0.1, 0.15) is 29.9 Å². The standard InChI is InChI=1S/C14H21N3OS/c1-9-7-13(15-4)12(8-16-9)14(18)17-5-6-19-11(3)10(17)2/h7-8,10-11H,5-6H2,1-4H3,(H,15,16). The molecule has 0 bridgehead atoms. The van der Waals surface area contributed by atoms with E-state index in [4.69, 9.17) is 0 Å². The molecule has 0 saturated carbocycles. The van der Waals surface area contributed by atoms with Crippen LogP contribution in [-0.2, 0) is 0 Å². The van der Waals surface area contributed by atoms with Crippen molar-refractivity contribution in [3.8, 4) is 0 Å². The molecule has 1 aliphatic rings. The molecule has 1 aliphatic heterocycles. The monoisotopic (exact) mass is 279 g/mol. The maximum Gasteiger partial charge on any atom is 0.257 e. The van der Waals surface area contributed by atoms with Crippen molar-refractivity contribution in [2.24, 2.45) is 0 Å². The molecule has 19 heavy (non-hydrogen) atoms. The Hall–Kier alpha value is -1.23.